The summed E-state index contributed by atoms with van der Waals surface area (Å²) in [7, 11) is 0. The summed E-state index contributed by atoms with van der Waals surface area (Å²) in [6.07, 6.45) is 6.46. The zero-order chi connectivity index (χ0) is 45.2. The van der Waals surface area contributed by atoms with Crippen LogP contribution < -0.4 is 4.90 Å². The van der Waals surface area contributed by atoms with Crippen molar-refractivity contribution < 1.29 is 0 Å². The van der Waals surface area contributed by atoms with Crippen LogP contribution >= 0.6 is 0 Å². The molecule has 11 aromatic rings. The standard InChI is InChI=1S/C66H52N2/c1-66(48-24-7-3-8-25-48)59-34-14-11-28-54(59)55-43-42-51(44-60(55)66)67(61-35-15-12-29-56(61)57-33-18-23-47-22-17-31-52(64(47)57)45-20-5-2-6-21-45)50-40-38-46(39-41-50)53-32-19-37-63-65(53)58-30-13-16-36-62(58)68(63)49-26-9-4-10-27-49/h3-4,7-19,22-45H,2,5-6,20-21H2,1H3. The van der Waals surface area contributed by atoms with E-state index in [4.69, 9.17) is 0 Å². The first-order chi connectivity index (χ1) is 33.6. The Morgan fingerprint density at radius 1 is 0.441 bits per heavy atom. The number of para-hydroxylation sites is 3. The molecule has 0 spiro atoms. The van der Waals surface area contributed by atoms with E-state index in [1.807, 2.05) is 0 Å². The van der Waals surface area contributed by atoms with Crippen LogP contribution in [0.2, 0.25) is 0 Å². The van der Waals surface area contributed by atoms with Crippen molar-refractivity contribution in [2.45, 2.75) is 50.4 Å². The van der Waals surface area contributed by atoms with E-state index in [1.54, 1.807) is 0 Å². The number of rotatable bonds is 8. The molecule has 1 unspecified atom stereocenters. The van der Waals surface area contributed by atoms with Gasteiger partial charge in [0.2, 0.25) is 0 Å². The molecule has 1 atom stereocenters. The van der Waals surface area contributed by atoms with Gasteiger partial charge in [-0.05, 0) is 141 Å². The topological polar surface area (TPSA) is 8.17 Å². The van der Waals surface area contributed by atoms with Crippen molar-refractivity contribution in [3.63, 3.8) is 0 Å². The third-order valence-electron chi connectivity index (χ3n) is 15.5. The zero-order valence-electron chi connectivity index (χ0n) is 38.4. The molecule has 1 saturated carbocycles. The van der Waals surface area contributed by atoms with Gasteiger partial charge in [0.05, 0.1) is 16.7 Å². The lowest BCUT2D eigenvalue weighted by Gasteiger charge is -2.32. The van der Waals surface area contributed by atoms with Gasteiger partial charge in [0, 0.05) is 38.8 Å². The summed E-state index contributed by atoms with van der Waals surface area (Å²) >= 11 is 0. The summed E-state index contributed by atoms with van der Waals surface area (Å²) in [5, 5.41) is 5.23. The zero-order valence-corrected chi connectivity index (χ0v) is 38.4. The lowest BCUT2D eigenvalue weighted by atomic mass is 9.74. The van der Waals surface area contributed by atoms with Crippen LogP contribution in [0.4, 0.5) is 17.1 Å². The summed E-state index contributed by atoms with van der Waals surface area (Å²) in [5.74, 6) is 0.574. The van der Waals surface area contributed by atoms with Gasteiger partial charge in [-0.15, -0.1) is 0 Å². The first-order valence-corrected chi connectivity index (χ1v) is 24.5. The molecule has 0 radical (unpaired) electrons. The van der Waals surface area contributed by atoms with Crippen LogP contribution in [0.15, 0.2) is 231 Å². The number of anilines is 3. The van der Waals surface area contributed by atoms with Gasteiger partial charge in [-0.2, -0.15) is 0 Å². The van der Waals surface area contributed by atoms with Gasteiger partial charge in [0.15, 0.2) is 0 Å². The second kappa shape index (κ2) is 16.4. The normalized spacial score (nSPS) is 15.7. The van der Waals surface area contributed by atoms with Gasteiger partial charge < -0.3 is 9.47 Å². The highest BCUT2D eigenvalue weighted by Crippen LogP contribution is 2.55. The van der Waals surface area contributed by atoms with E-state index < -0.39 is 0 Å². The summed E-state index contributed by atoms with van der Waals surface area (Å²) in [4.78, 5) is 2.53. The maximum Gasteiger partial charge on any atom is 0.0547 e. The van der Waals surface area contributed by atoms with Crippen molar-refractivity contribution in [3.05, 3.63) is 253 Å². The van der Waals surface area contributed by atoms with Crippen molar-refractivity contribution in [1.82, 2.24) is 4.57 Å². The van der Waals surface area contributed by atoms with Crippen LogP contribution in [0.5, 0.6) is 0 Å². The van der Waals surface area contributed by atoms with Crippen molar-refractivity contribution in [1.29, 1.82) is 0 Å². The molecule has 0 amide bonds. The van der Waals surface area contributed by atoms with Crippen LogP contribution in [-0.2, 0) is 5.41 Å². The monoisotopic (exact) mass is 872 g/mol. The minimum absolute atomic E-state index is 0.333. The average Bonchev–Trinajstić information content (AvgIpc) is 3.89. The van der Waals surface area contributed by atoms with E-state index in [2.05, 4.69) is 247 Å². The second-order valence-corrected chi connectivity index (χ2v) is 19.1. The van der Waals surface area contributed by atoms with E-state index in [1.165, 1.54) is 126 Å². The van der Waals surface area contributed by atoms with Crippen molar-refractivity contribution in [3.8, 4) is 39.1 Å². The minimum Gasteiger partial charge on any atom is -0.310 e. The Morgan fingerprint density at radius 2 is 1.06 bits per heavy atom. The Balaban J connectivity index is 1.02. The van der Waals surface area contributed by atoms with Crippen LogP contribution in [0, 0.1) is 0 Å². The first-order valence-electron chi connectivity index (χ1n) is 24.5. The molecule has 2 heteroatoms. The van der Waals surface area contributed by atoms with Crippen molar-refractivity contribution >= 4 is 49.6 Å². The molecule has 0 aliphatic heterocycles. The highest BCUT2D eigenvalue weighted by atomic mass is 15.1. The lowest BCUT2D eigenvalue weighted by Crippen LogP contribution is -2.22. The number of benzene rings is 10. The smallest absolute Gasteiger partial charge is 0.0547 e. The third kappa shape index (κ3) is 6.39. The van der Waals surface area contributed by atoms with E-state index in [0.717, 1.165) is 17.1 Å². The largest absolute Gasteiger partial charge is 0.310 e. The number of aromatic nitrogens is 1. The van der Waals surface area contributed by atoms with Crippen LogP contribution in [-0.4, -0.2) is 4.57 Å². The molecule has 1 aromatic heterocycles. The summed E-state index contributed by atoms with van der Waals surface area (Å²) in [6.45, 7) is 2.42. The molecule has 326 valence electrons. The highest BCUT2D eigenvalue weighted by molar-refractivity contribution is 6.16. The molecule has 0 N–H and O–H groups in total. The Morgan fingerprint density at radius 3 is 1.88 bits per heavy atom. The van der Waals surface area contributed by atoms with Gasteiger partial charge in [-0.3, -0.25) is 0 Å². The maximum absolute atomic E-state index is 2.53. The van der Waals surface area contributed by atoms with E-state index >= 15 is 0 Å². The molecular weight excluding hydrogens is 821 g/mol. The highest BCUT2D eigenvalue weighted by Gasteiger charge is 2.41. The number of nitrogens with zero attached hydrogens (tertiary/aromatic N) is 2. The van der Waals surface area contributed by atoms with Crippen LogP contribution in [0.3, 0.4) is 0 Å². The Kier molecular flexibility index (Phi) is 9.75. The van der Waals surface area contributed by atoms with Crippen molar-refractivity contribution in [2.24, 2.45) is 0 Å². The van der Waals surface area contributed by atoms with Crippen LogP contribution in [0.1, 0.15) is 67.2 Å². The Hall–Kier alpha value is -7.94. The molecule has 2 aliphatic rings. The number of fused-ring (bicyclic) bond motifs is 7. The third-order valence-corrected chi connectivity index (χ3v) is 15.5. The number of hydrogen-bond acceptors (Lipinski definition) is 1. The molecular formula is C66H52N2. The fourth-order valence-corrected chi connectivity index (χ4v) is 12.3. The SMILES string of the molecule is CC1(c2ccccc2)c2ccccc2-c2ccc(N(c3ccc(-c4cccc5c4c4ccccc4n5-c4ccccc4)cc3)c3ccccc3-c3cccc4cccc(C5CCCCC5)c34)cc21. The van der Waals surface area contributed by atoms with Gasteiger partial charge in [0.1, 0.15) is 0 Å². The second-order valence-electron chi connectivity index (χ2n) is 19.1. The van der Waals surface area contributed by atoms with Gasteiger partial charge in [0.25, 0.3) is 0 Å². The average molecular weight is 873 g/mol. The first kappa shape index (κ1) is 40.3. The van der Waals surface area contributed by atoms with Crippen LogP contribution in [0.25, 0.3) is 71.6 Å². The summed E-state index contributed by atoms with van der Waals surface area (Å²) in [6, 6.07) is 86.1. The predicted molar refractivity (Wildman–Crippen MR) is 287 cm³/mol. The summed E-state index contributed by atoms with van der Waals surface area (Å²) < 4.78 is 2.41. The molecule has 0 bridgehead atoms. The fraction of sp³-hybridized carbons (Fsp3) is 0.121. The Bertz CT molecular complexity index is 3660. The molecule has 2 aliphatic carbocycles. The summed E-state index contributed by atoms with van der Waals surface area (Å²) in [5.41, 5.74) is 19.7. The van der Waals surface area contributed by atoms with Gasteiger partial charge >= 0.3 is 0 Å². The molecule has 1 heterocycles. The van der Waals surface area contributed by atoms with Gasteiger partial charge in [-0.25, -0.2) is 0 Å². The molecule has 13 rings (SSSR count). The van der Waals surface area contributed by atoms with E-state index in [-0.39, 0.29) is 5.41 Å². The van der Waals surface area contributed by atoms with Crippen molar-refractivity contribution in [2.75, 3.05) is 4.90 Å². The van der Waals surface area contributed by atoms with E-state index in [9.17, 15) is 0 Å². The molecule has 2 nitrogen and oxygen atoms in total. The molecule has 1 fully saturated rings. The predicted octanol–water partition coefficient (Wildman–Crippen LogP) is 18.1. The maximum atomic E-state index is 2.53. The minimum atomic E-state index is -0.333. The molecule has 10 aromatic carbocycles. The van der Waals surface area contributed by atoms with Gasteiger partial charge in [-0.1, -0.05) is 195 Å². The quantitative estimate of drug-likeness (QED) is 0.148. The molecule has 68 heavy (non-hydrogen) atoms. The fourth-order valence-electron chi connectivity index (χ4n) is 12.3. The Labute approximate surface area is 399 Å². The lowest BCUT2D eigenvalue weighted by molar-refractivity contribution is 0.445. The van der Waals surface area contributed by atoms with E-state index in [0.29, 0.717) is 5.92 Å². The number of hydrogen-bond donors (Lipinski definition) is 0. The molecule has 0 saturated heterocycles.